The highest BCUT2D eigenvalue weighted by molar-refractivity contribution is 6.32. The van der Waals surface area contributed by atoms with Crippen LogP contribution in [0, 0.1) is 10.1 Å². The van der Waals surface area contributed by atoms with Gasteiger partial charge in [0.25, 0.3) is 5.88 Å². The number of rotatable bonds is 4. The fourth-order valence-corrected chi connectivity index (χ4v) is 1.38. The van der Waals surface area contributed by atoms with Gasteiger partial charge in [0.1, 0.15) is 0 Å². The van der Waals surface area contributed by atoms with E-state index in [1.54, 1.807) is 31.3 Å². The third-order valence-corrected chi connectivity index (χ3v) is 2.23. The van der Waals surface area contributed by atoms with Crippen LogP contribution >= 0.6 is 11.6 Å². The molecule has 0 bridgehead atoms. The van der Waals surface area contributed by atoms with Crippen LogP contribution in [0.5, 0.6) is 5.88 Å². The zero-order valence-corrected chi connectivity index (χ0v) is 10.4. The third-order valence-electron chi connectivity index (χ3n) is 1.93. The van der Waals surface area contributed by atoms with E-state index >= 15 is 0 Å². The van der Waals surface area contributed by atoms with E-state index in [-0.39, 0.29) is 22.2 Å². The van der Waals surface area contributed by atoms with Gasteiger partial charge in [-0.05, 0) is 12.3 Å². The van der Waals surface area contributed by atoms with Crippen molar-refractivity contribution in [2.75, 3.05) is 21.2 Å². The number of halogens is 1. The Labute approximate surface area is 104 Å². The summed E-state index contributed by atoms with van der Waals surface area (Å²) >= 11 is 5.89. The van der Waals surface area contributed by atoms with Gasteiger partial charge in [-0.3, -0.25) is 10.1 Å². The molecule has 0 aliphatic rings. The van der Waals surface area contributed by atoms with Crippen LogP contribution in [-0.2, 0) is 0 Å². The Kier molecular flexibility index (Phi) is 4.28. The molecule has 1 aromatic rings. The van der Waals surface area contributed by atoms with Crippen molar-refractivity contribution < 1.29 is 9.66 Å². The van der Waals surface area contributed by atoms with Crippen LogP contribution in [0.4, 0.5) is 5.69 Å². The molecule has 0 saturated heterocycles. The van der Waals surface area contributed by atoms with Gasteiger partial charge in [0, 0.05) is 14.1 Å². The van der Waals surface area contributed by atoms with Gasteiger partial charge in [-0.15, -0.1) is 0 Å². The number of hydrogen-bond acceptors (Lipinski definition) is 5. The minimum Gasteiger partial charge on any atom is -0.476 e. The maximum absolute atomic E-state index is 11.0. The molecule has 0 spiro atoms. The SMILES string of the molecule is COc1ncc(Cl)c(/C=C/N(C)C)c1[N+](=O)[O-]. The first kappa shape index (κ1) is 13.2. The summed E-state index contributed by atoms with van der Waals surface area (Å²) < 4.78 is 4.85. The largest absolute Gasteiger partial charge is 0.476 e. The standard InChI is InChI=1S/C10H12ClN3O3/c1-13(2)5-4-7-8(11)6-12-10(17-3)9(7)14(15)16/h4-6H,1-3H3/b5-4+. The molecule has 0 saturated carbocycles. The predicted molar refractivity (Wildman–Crippen MR) is 65.2 cm³/mol. The number of ether oxygens (including phenoxy) is 1. The molecule has 1 heterocycles. The van der Waals surface area contributed by atoms with Crippen molar-refractivity contribution in [3.8, 4) is 5.88 Å². The minimum atomic E-state index is -0.562. The molecule has 1 rings (SSSR count). The molecule has 0 aliphatic heterocycles. The lowest BCUT2D eigenvalue weighted by molar-refractivity contribution is -0.386. The molecule has 1 aromatic heterocycles. The topological polar surface area (TPSA) is 68.5 Å². The highest BCUT2D eigenvalue weighted by atomic mass is 35.5. The van der Waals surface area contributed by atoms with Gasteiger partial charge in [0.15, 0.2) is 0 Å². The maximum atomic E-state index is 11.0. The average Bonchev–Trinajstić information content (AvgIpc) is 2.26. The van der Waals surface area contributed by atoms with Crippen LogP contribution in [0.1, 0.15) is 5.56 Å². The highest BCUT2D eigenvalue weighted by Crippen LogP contribution is 2.34. The molecule has 0 amide bonds. The minimum absolute atomic E-state index is 0.0576. The Hall–Kier alpha value is -1.82. The van der Waals surface area contributed by atoms with Crippen LogP contribution in [0.15, 0.2) is 12.4 Å². The van der Waals surface area contributed by atoms with E-state index in [0.717, 1.165) is 0 Å². The highest BCUT2D eigenvalue weighted by Gasteiger charge is 2.23. The summed E-state index contributed by atoms with van der Waals surface area (Å²) in [6.45, 7) is 0. The molecule has 0 N–H and O–H groups in total. The molecule has 0 aliphatic carbocycles. The summed E-state index contributed by atoms with van der Waals surface area (Å²) in [4.78, 5) is 15.9. The first-order valence-corrected chi connectivity index (χ1v) is 5.06. The molecule has 92 valence electrons. The van der Waals surface area contributed by atoms with E-state index in [2.05, 4.69) is 4.98 Å². The van der Waals surface area contributed by atoms with Crippen LogP contribution in [0.3, 0.4) is 0 Å². The Morgan fingerprint density at radius 1 is 1.59 bits per heavy atom. The van der Waals surface area contributed by atoms with Gasteiger partial charge >= 0.3 is 5.69 Å². The molecule has 0 aromatic carbocycles. The average molecular weight is 258 g/mol. The Morgan fingerprint density at radius 3 is 2.71 bits per heavy atom. The van der Waals surface area contributed by atoms with Gasteiger partial charge < -0.3 is 9.64 Å². The summed E-state index contributed by atoms with van der Waals surface area (Å²) in [7, 11) is 4.92. The first-order chi connectivity index (χ1) is 7.97. The van der Waals surface area contributed by atoms with Crippen molar-refractivity contribution in [3.63, 3.8) is 0 Å². The quantitative estimate of drug-likeness (QED) is 0.611. The lowest BCUT2D eigenvalue weighted by Gasteiger charge is -2.07. The van der Waals surface area contributed by atoms with Crippen LogP contribution in [0.2, 0.25) is 5.02 Å². The second-order valence-electron chi connectivity index (χ2n) is 3.41. The fourth-order valence-electron chi connectivity index (χ4n) is 1.18. The lowest BCUT2D eigenvalue weighted by atomic mass is 10.2. The van der Waals surface area contributed by atoms with E-state index in [4.69, 9.17) is 16.3 Å². The van der Waals surface area contributed by atoms with E-state index in [1.165, 1.54) is 13.3 Å². The monoisotopic (exact) mass is 257 g/mol. The van der Waals surface area contributed by atoms with Gasteiger partial charge in [0.2, 0.25) is 0 Å². The first-order valence-electron chi connectivity index (χ1n) is 4.69. The van der Waals surface area contributed by atoms with E-state index < -0.39 is 4.92 Å². The maximum Gasteiger partial charge on any atom is 0.339 e. The number of nitrogens with zero attached hydrogens (tertiary/aromatic N) is 3. The summed E-state index contributed by atoms with van der Waals surface area (Å²) in [5.74, 6) is -0.0576. The molecule has 7 heteroatoms. The van der Waals surface area contributed by atoms with Crippen LogP contribution in [0.25, 0.3) is 6.08 Å². The number of pyridine rings is 1. The molecule has 0 atom stereocenters. The number of hydrogen-bond donors (Lipinski definition) is 0. The van der Waals surface area contributed by atoms with Crippen molar-refractivity contribution in [1.29, 1.82) is 0 Å². The van der Waals surface area contributed by atoms with E-state index in [9.17, 15) is 10.1 Å². The third kappa shape index (κ3) is 3.07. The summed E-state index contributed by atoms with van der Waals surface area (Å²) in [5, 5.41) is 11.2. The molecular formula is C10H12ClN3O3. The Bertz CT molecular complexity index is 460. The molecule has 0 unspecified atom stereocenters. The molecule has 17 heavy (non-hydrogen) atoms. The summed E-state index contributed by atoms with van der Waals surface area (Å²) in [5.41, 5.74) is 0.0373. The van der Waals surface area contributed by atoms with Crippen molar-refractivity contribution in [2.24, 2.45) is 0 Å². The molecule has 6 nitrogen and oxygen atoms in total. The van der Waals surface area contributed by atoms with Gasteiger partial charge in [-0.25, -0.2) is 4.98 Å². The van der Waals surface area contributed by atoms with Gasteiger partial charge in [-0.1, -0.05) is 11.6 Å². The fraction of sp³-hybridized carbons (Fsp3) is 0.300. The smallest absolute Gasteiger partial charge is 0.339 e. The Balaban J connectivity index is 3.39. The zero-order chi connectivity index (χ0) is 13.0. The van der Waals surface area contributed by atoms with Crippen molar-refractivity contribution in [3.05, 3.63) is 33.1 Å². The van der Waals surface area contributed by atoms with Gasteiger partial charge in [0.05, 0.1) is 28.8 Å². The van der Waals surface area contributed by atoms with E-state index in [1.807, 2.05) is 0 Å². The molecule has 0 radical (unpaired) electrons. The van der Waals surface area contributed by atoms with E-state index in [0.29, 0.717) is 0 Å². The van der Waals surface area contributed by atoms with Crippen molar-refractivity contribution >= 4 is 23.4 Å². The number of aromatic nitrogens is 1. The summed E-state index contributed by atoms with van der Waals surface area (Å²) in [6, 6.07) is 0. The normalized spacial score (nSPS) is 10.6. The van der Waals surface area contributed by atoms with Crippen molar-refractivity contribution in [1.82, 2.24) is 9.88 Å². The van der Waals surface area contributed by atoms with Gasteiger partial charge in [-0.2, -0.15) is 0 Å². The second kappa shape index (κ2) is 5.49. The predicted octanol–water partition coefficient (Wildman–Crippen LogP) is 2.18. The number of methoxy groups -OCH3 is 1. The molecular weight excluding hydrogens is 246 g/mol. The van der Waals surface area contributed by atoms with Crippen LogP contribution in [-0.4, -0.2) is 36.0 Å². The Morgan fingerprint density at radius 2 is 2.24 bits per heavy atom. The van der Waals surface area contributed by atoms with Crippen molar-refractivity contribution in [2.45, 2.75) is 0 Å². The lowest BCUT2D eigenvalue weighted by Crippen LogP contribution is -2.02. The molecule has 0 fully saturated rings. The van der Waals surface area contributed by atoms with Crippen LogP contribution < -0.4 is 4.74 Å². The number of nitro groups is 1. The summed E-state index contributed by atoms with van der Waals surface area (Å²) in [6.07, 6.45) is 4.53. The second-order valence-corrected chi connectivity index (χ2v) is 3.82. The zero-order valence-electron chi connectivity index (χ0n) is 9.68.